The maximum Gasteiger partial charge on any atom is 0.119 e. The summed E-state index contributed by atoms with van der Waals surface area (Å²) in [4.78, 5) is 2.51. The van der Waals surface area contributed by atoms with E-state index >= 15 is 0 Å². The molecule has 0 aliphatic carbocycles. The van der Waals surface area contributed by atoms with Gasteiger partial charge in [0.2, 0.25) is 0 Å². The highest BCUT2D eigenvalue weighted by atomic mass is 16.5. The Balaban J connectivity index is 1.77. The minimum Gasteiger partial charge on any atom is -0.492 e. The molecular formula is C15H24N2O. The van der Waals surface area contributed by atoms with Crippen LogP contribution in [0.3, 0.4) is 0 Å². The normalized spacial score (nSPS) is 21.6. The van der Waals surface area contributed by atoms with Gasteiger partial charge in [-0.2, -0.15) is 0 Å². The lowest BCUT2D eigenvalue weighted by atomic mass is 10.2. The Morgan fingerprint density at radius 1 is 1.39 bits per heavy atom. The van der Waals surface area contributed by atoms with Gasteiger partial charge < -0.3 is 10.1 Å². The standard InChI is InChI=1S/C15H24N2O/c1-13-4-3-5-15(12-13)18-11-10-17-9-8-16-7-6-14(17)2/h3-5,12,14,16H,6-11H2,1-2H3. The molecule has 0 aromatic heterocycles. The molecule has 1 unspecified atom stereocenters. The number of nitrogens with zero attached hydrogens (tertiary/aromatic N) is 1. The predicted molar refractivity (Wildman–Crippen MR) is 75.2 cm³/mol. The lowest BCUT2D eigenvalue weighted by Gasteiger charge is -2.26. The number of ether oxygens (including phenoxy) is 1. The second-order valence-corrected chi connectivity index (χ2v) is 5.09. The van der Waals surface area contributed by atoms with Crippen molar-refractivity contribution in [2.75, 3.05) is 32.8 Å². The van der Waals surface area contributed by atoms with Crippen molar-refractivity contribution in [1.29, 1.82) is 0 Å². The molecule has 0 spiro atoms. The zero-order valence-electron chi connectivity index (χ0n) is 11.5. The minimum absolute atomic E-state index is 0.654. The highest BCUT2D eigenvalue weighted by Crippen LogP contribution is 2.12. The molecule has 0 amide bonds. The van der Waals surface area contributed by atoms with Crippen LogP contribution in [0.5, 0.6) is 5.75 Å². The van der Waals surface area contributed by atoms with Gasteiger partial charge in [-0.25, -0.2) is 0 Å². The van der Waals surface area contributed by atoms with E-state index in [1.54, 1.807) is 0 Å². The zero-order valence-corrected chi connectivity index (χ0v) is 11.5. The van der Waals surface area contributed by atoms with E-state index in [0.717, 1.165) is 38.5 Å². The topological polar surface area (TPSA) is 24.5 Å². The van der Waals surface area contributed by atoms with E-state index in [1.807, 2.05) is 12.1 Å². The Kier molecular flexibility index (Phi) is 5.02. The summed E-state index contributed by atoms with van der Waals surface area (Å²) in [5.74, 6) is 0.982. The molecule has 1 aliphatic heterocycles. The van der Waals surface area contributed by atoms with Crippen molar-refractivity contribution in [3.63, 3.8) is 0 Å². The fourth-order valence-corrected chi connectivity index (χ4v) is 2.38. The quantitative estimate of drug-likeness (QED) is 0.882. The predicted octanol–water partition coefficient (Wildman–Crippen LogP) is 2.06. The van der Waals surface area contributed by atoms with Crippen molar-refractivity contribution < 1.29 is 4.74 Å². The highest BCUT2D eigenvalue weighted by Gasteiger charge is 2.15. The minimum atomic E-state index is 0.654. The van der Waals surface area contributed by atoms with Gasteiger partial charge in [-0.1, -0.05) is 12.1 Å². The molecule has 3 heteroatoms. The van der Waals surface area contributed by atoms with Crippen LogP contribution in [0.15, 0.2) is 24.3 Å². The monoisotopic (exact) mass is 248 g/mol. The smallest absolute Gasteiger partial charge is 0.119 e. The molecule has 1 N–H and O–H groups in total. The lowest BCUT2D eigenvalue weighted by molar-refractivity contribution is 0.175. The Bertz CT molecular complexity index is 367. The largest absolute Gasteiger partial charge is 0.492 e. The third kappa shape index (κ3) is 4.00. The van der Waals surface area contributed by atoms with Crippen LogP contribution in [-0.4, -0.2) is 43.7 Å². The van der Waals surface area contributed by atoms with Crippen molar-refractivity contribution in [3.8, 4) is 5.75 Å². The summed E-state index contributed by atoms with van der Waals surface area (Å²) < 4.78 is 5.82. The van der Waals surface area contributed by atoms with E-state index in [9.17, 15) is 0 Å². The number of benzene rings is 1. The van der Waals surface area contributed by atoms with Gasteiger partial charge in [-0.3, -0.25) is 4.90 Å². The molecule has 3 nitrogen and oxygen atoms in total. The molecule has 0 saturated carbocycles. The number of rotatable bonds is 4. The van der Waals surface area contributed by atoms with E-state index in [2.05, 4.69) is 36.2 Å². The molecule has 1 aliphatic rings. The Hall–Kier alpha value is -1.06. The molecular weight excluding hydrogens is 224 g/mol. The molecule has 1 saturated heterocycles. The fraction of sp³-hybridized carbons (Fsp3) is 0.600. The summed E-state index contributed by atoms with van der Waals surface area (Å²) in [6.07, 6.45) is 1.23. The van der Waals surface area contributed by atoms with Gasteiger partial charge in [-0.05, 0) is 44.5 Å². The fourth-order valence-electron chi connectivity index (χ4n) is 2.38. The van der Waals surface area contributed by atoms with Gasteiger partial charge in [-0.15, -0.1) is 0 Å². The molecule has 0 radical (unpaired) electrons. The van der Waals surface area contributed by atoms with Crippen LogP contribution in [0.4, 0.5) is 0 Å². The third-order valence-corrected chi connectivity index (χ3v) is 3.57. The van der Waals surface area contributed by atoms with Gasteiger partial charge in [0.15, 0.2) is 0 Å². The van der Waals surface area contributed by atoms with Crippen molar-refractivity contribution >= 4 is 0 Å². The molecule has 1 aromatic carbocycles. The molecule has 1 fully saturated rings. The molecule has 0 bridgehead atoms. The summed E-state index contributed by atoms with van der Waals surface area (Å²) in [6.45, 7) is 9.53. The summed E-state index contributed by atoms with van der Waals surface area (Å²) >= 11 is 0. The molecule has 18 heavy (non-hydrogen) atoms. The molecule has 100 valence electrons. The number of aryl methyl sites for hydroxylation is 1. The van der Waals surface area contributed by atoms with Gasteiger partial charge in [0.25, 0.3) is 0 Å². The van der Waals surface area contributed by atoms with Crippen LogP contribution in [0, 0.1) is 6.92 Å². The van der Waals surface area contributed by atoms with Gasteiger partial charge in [0.1, 0.15) is 12.4 Å². The molecule has 1 aromatic rings. The Morgan fingerprint density at radius 2 is 2.28 bits per heavy atom. The van der Waals surface area contributed by atoms with Crippen LogP contribution < -0.4 is 10.1 Å². The second kappa shape index (κ2) is 6.76. The van der Waals surface area contributed by atoms with Crippen LogP contribution in [0.25, 0.3) is 0 Å². The highest BCUT2D eigenvalue weighted by molar-refractivity contribution is 5.27. The summed E-state index contributed by atoms with van der Waals surface area (Å²) in [5.41, 5.74) is 1.25. The van der Waals surface area contributed by atoms with Crippen molar-refractivity contribution in [3.05, 3.63) is 29.8 Å². The average Bonchev–Trinajstić information content (AvgIpc) is 2.55. The SMILES string of the molecule is Cc1cccc(OCCN2CCNCCC2C)c1. The van der Waals surface area contributed by atoms with Crippen molar-refractivity contribution in [1.82, 2.24) is 10.2 Å². The van der Waals surface area contributed by atoms with Crippen LogP contribution in [-0.2, 0) is 0 Å². The van der Waals surface area contributed by atoms with Crippen molar-refractivity contribution in [2.45, 2.75) is 26.3 Å². The average molecular weight is 248 g/mol. The van der Waals surface area contributed by atoms with Gasteiger partial charge >= 0.3 is 0 Å². The number of hydrogen-bond donors (Lipinski definition) is 1. The van der Waals surface area contributed by atoms with Crippen LogP contribution in [0.2, 0.25) is 0 Å². The van der Waals surface area contributed by atoms with Gasteiger partial charge in [0.05, 0.1) is 0 Å². The van der Waals surface area contributed by atoms with E-state index in [1.165, 1.54) is 12.0 Å². The van der Waals surface area contributed by atoms with E-state index in [0.29, 0.717) is 6.04 Å². The summed E-state index contributed by atoms with van der Waals surface area (Å²) in [6, 6.07) is 8.91. The molecule has 1 atom stereocenters. The van der Waals surface area contributed by atoms with Gasteiger partial charge in [0, 0.05) is 25.7 Å². The zero-order chi connectivity index (χ0) is 12.8. The Morgan fingerprint density at radius 3 is 3.11 bits per heavy atom. The van der Waals surface area contributed by atoms with Crippen LogP contribution in [0.1, 0.15) is 18.9 Å². The first-order chi connectivity index (χ1) is 8.75. The Labute approximate surface area is 110 Å². The lowest BCUT2D eigenvalue weighted by Crippen LogP contribution is -2.37. The maximum atomic E-state index is 5.82. The van der Waals surface area contributed by atoms with Crippen LogP contribution >= 0.6 is 0 Å². The van der Waals surface area contributed by atoms with Crippen molar-refractivity contribution in [2.24, 2.45) is 0 Å². The van der Waals surface area contributed by atoms with E-state index < -0.39 is 0 Å². The maximum absolute atomic E-state index is 5.82. The number of hydrogen-bond acceptors (Lipinski definition) is 3. The first kappa shape index (κ1) is 13.4. The summed E-state index contributed by atoms with van der Waals surface area (Å²) in [7, 11) is 0. The first-order valence-corrected chi connectivity index (χ1v) is 6.90. The first-order valence-electron chi connectivity index (χ1n) is 6.90. The number of nitrogens with one attached hydrogen (secondary N) is 1. The van der Waals surface area contributed by atoms with E-state index in [4.69, 9.17) is 4.74 Å². The molecule has 1 heterocycles. The molecule has 2 rings (SSSR count). The van der Waals surface area contributed by atoms with E-state index in [-0.39, 0.29) is 0 Å². The third-order valence-electron chi connectivity index (χ3n) is 3.57. The summed E-state index contributed by atoms with van der Waals surface area (Å²) in [5, 5.41) is 3.44. The second-order valence-electron chi connectivity index (χ2n) is 5.09.